The monoisotopic (exact) mass is 495 g/mol. The third kappa shape index (κ3) is 5.51. The Hall–Kier alpha value is -3.73. The summed E-state index contributed by atoms with van der Waals surface area (Å²) in [4.78, 5) is 13.4. The summed E-state index contributed by atoms with van der Waals surface area (Å²) in [6.45, 7) is 11.9. The molecule has 1 unspecified atom stereocenters. The van der Waals surface area contributed by atoms with E-state index in [4.69, 9.17) is 4.74 Å². The van der Waals surface area contributed by atoms with Crippen molar-refractivity contribution in [2.75, 3.05) is 0 Å². The molecule has 192 valence electrons. The molecule has 4 aromatic rings. The van der Waals surface area contributed by atoms with Crippen LogP contribution in [0.1, 0.15) is 64.1 Å². The van der Waals surface area contributed by atoms with E-state index >= 15 is 0 Å². The van der Waals surface area contributed by atoms with Gasteiger partial charge in [0.05, 0.1) is 5.92 Å². The quantitative estimate of drug-likeness (QED) is 0.212. The molecule has 0 aliphatic rings. The van der Waals surface area contributed by atoms with Gasteiger partial charge in [-0.2, -0.15) is 0 Å². The van der Waals surface area contributed by atoms with Crippen molar-refractivity contribution in [1.82, 2.24) is 14.8 Å². The van der Waals surface area contributed by atoms with Crippen molar-refractivity contribution in [2.24, 2.45) is 11.3 Å². The molecule has 5 heteroatoms. The molecule has 0 N–H and O–H groups in total. The molecule has 0 saturated heterocycles. The summed E-state index contributed by atoms with van der Waals surface area (Å²) in [6, 6.07) is 31.2. The van der Waals surface area contributed by atoms with Gasteiger partial charge in [-0.05, 0) is 42.9 Å². The van der Waals surface area contributed by atoms with Crippen LogP contribution in [0, 0.1) is 11.3 Å². The fraction of sp³-hybridized carbons (Fsp3) is 0.344. The van der Waals surface area contributed by atoms with Crippen molar-refractivity contribution in [3.8, 4) is 0 Å². The lowest BCUT2D eigenvalue weighted by atomic mass is 9.75. The number of aromatic nitrogens is 3. The average molecular weight is 496 g/mol. The fourth-order valence-electron chi connectivity index (χ4n) is 4.93. The number of carbonyl (C=O) groups excluding carboxylic acids is 1. The Kier molecular flexibility index (Phi) is 7.35. The molecule has 0 fully saturated rings. The molecule has 0 aliphatic heterocycles. The predicted octanol–water partition coefficient (Wildman–Crippen LogP) is 6.66. The van der Waals surface area contributed by atoms with E-state index in [0.717, 1.165) is 22.5 Å². The summed E-state index contributed by atoms with van der Waals surface area (Å²) < 4.78 is 7.99. The standard InChI is InChI=1S/C32H37N3O2/c1-30(2,3)27(29(36)37-31(4,5)6)22-28-34-33-23-35(28)32(24-16-10-7-11-17-24,25-18-12-8-13-19-25)26-20-14-9-15-21-26/h7-21,23,27H,22H2,1-6H3. The minimum atomic E-state index is -0.737. The van der Waals surface area contributed by atoms with Crippen molar-refractivity contribution >= 4 is 5.97 Å². The maximum atomic E-state index is 13.4. The second-order valence-corrected chi connectivity index (χ2v) is 11.6. The van der Waals surface area contributed by atoms with Crippen LogP contribution in [0.25, 0.3) is 0 Å². The van der Waals surface area contributed by atoms with Gasteiger partial charge in [-0.25, -0.2) is 0 Å². The van der Waals surface area contributed by atoms with Gasteiger partial charge in [0, 0.05) is 6.42 Å². The first kappa shape index (κ1) is 26.3. The zero-order valence-electron chi connectivity index (χ0n) is 22.7. The molecule has 1 aromatic heterocycles. The lowest BCUT2D eigenvalue weighted by Crippen LogP contribution is -2.41. The number of esters is 1. The SMILES string of the molecule is CC(C)(C)OC(=O)C(Cc1nncn1C(c1ccccc1)(c1ccccc1)c1ccccc1)C(C)(C)C. The molecular formula is C32H37N3O2. The Morgan fingerprint density at radius 1 is 0.757 bits per heavy atom. The Morgan fingerprint density at radius 2 is 1.19 bits per heavy atom. The highest BCUT2D eigenvalue weighted by molar-refractivity contribution is 5.74. The Labute approximate surface area is 220 Å². The van der Waals surface area contributed by atoms with Gasteiger partial charge in [-0.3, -0.25) is 9.36 Å². The third-order valence-corrected chi connectivity index (χ3v) is 6.68. The first-order valence-corrected chi connectivity index (χ1v) is 12.8. The van der Waals surface area contributed by atoms with Gasteiger partial charge in [0.2, 0.25) is 0 Å². The summed E-state index contributed by atoms with van der Waals surface area (Å²) in [7, 11) is 0. The van der Waals surface area contributed by atoms with Gasteiger partial charge >= 0.3 is 5.97 Å². The highest BCUT2D eigenvalue weighted by Crippen LogP contribution is 2.42. The van der Waals surface area contributed by atoms with Gasteiger partial charge in [0.15, 0.2) is 0 Å². The van der Waals surface area contributed by atoms with E-state index in [-0.39, 0.29) is 11.4 Å². The molecule has 0 amide bonds. The lowest BCUT2D eigenvalue weighted by molar-refractivity contribution is -0.164. The van der Waals surface area contributed by atoms with Crippen LogP contribution in [-0.2, 0) is 21.5 Å². The largest absolute Gasteiger partial charge is 0.460 e. The van der Waals surface area contributed by atoms with Crippen molar-refractivity contribution in [2.45, 2.75) is 59.1 Å². The highest BCUT2D eigenvalue weighted by Gasteiger charge is 2.42. The van der Waals surface area contributed by atoms with Crippen LogP contribution in [0.15, 0.2) is 97.3 Å². The summed E-state index contributed by atoms with van der Waals surface area (Å²) >= 11 is 0. The molecule has 4 rings (SSSR count). The van der Waals surface area contributed by atoms with Gasteiger partial charge < -0.3 is 4.74 Å². The van der Waals surface area contributed by atoms with Crippen LogP contribution < -0.4 is 0 Å². The van der Waals surface area contributed by atoms with Crippen molar-refractivity contribution in [3.63, 3.8) is 0 Å². The van der Waals surface area contributed by atoms with Gasteiger partial charge in [-0.15, -0.1) is 10.2 Å². The van der Waals surface area contributed by atoms with Gasteiger partial charge in [-0.1, -0.05) is 112 Å². The number of nitrogens with zero attached hydrogens (tertiary/aromatic N) is 3. The first-order valence-electron chi connectivity index (χ1n) is 12.8. The van der Waals surface area contributed by atoms with E-state index in [1.807, 2.05) is 39.0 Å². The number of rotatable bonds is 7. The van der Waals surface area contributed by atoms with E-state index in [1.165, 1.54) is 0 Å². The summed E-state index contributed by atoms with van der Waals surface area (Å²) in [5, 5.41) is 8.99. The van der Waals surface area contributed by atoms with Crippen LogP contribution in [0.2, 0.25) is 0 Å². The van der Waals surface area contributed by atoms with Gasteiger partial charge in [0.1, 0.15) is 23.3 Å². The number of ether oxygens (including phenoxy) is 1. The van der Waals surface area contributed by atoms with E-state index in [1.54, 1.807) is 6.33 Å². The highest BCUT2D eigenvalue weighted by atomic mass is 16.6. The molecule has 5 nitrogen and oxygen atoms in total. The third-order valence-electron chi connectivity index (χ3n) is 6.68. The molecule has 0 aliphatic carbocycles. The molecule has 0 radical (unpaired) electrons. The van der Waals surface area contributed by atoms with Crippen molar-refractivity contribution < 1.29 is 9.53 Å². The molecule has 37 heavy (non-hydrogen) atoms. The molecule has 1 heterocycles. The maximum absolute atomic E-state index is 13.4. The number of hydrogen-bond acceptors (Lipinski definition) is 4. The number of benzene rings is 3. The van der Waals surface area contributed by atoms with Gasteiger partial charge in [0.25, 0.3) is 0 Å². The fourth-order valence-corrected chi connectivity index (χ4v) is 4.93. The average Bonchev–Trinajstić information content (AvgIpc) is 3.32. The Bertz CT molecular complexity index is 1200. The molecule has 1 atom stereocenters. The smallest absolute Gasteiger partial charge is 0.310 e. The molecule has 0 saturated carbocycles. The van der Waals surface area contributed by atoms with Crippen LogP contribution in [0.5, 0.6) is 0 Å². The minimum absolute atomic E-state index is 0.223. The summed E-state index contributed by atoms with van der Waals surface area (Å²) in [5.41, 5.74) is 1.59. The second-order valence-electron chi connectivity index (χ2n) is 11.6. The number of hydrogen-bond donors (Lipinski definition) is 0. The summed E-state index contributed by atoms with van der Waals surface area (Å²) in [5.74, 6) is 0.0938. The molecular weight excluding hydrogens is 458 g/mol. The van der Waals surface area contributed by atoms with E-state index < -0.39 is 17.1 Å². The van der Waals surface area contributed by atoms with E-state index in [2.05, 4.69) is 108 Å². The van der Waals surface area contributed by atoms with Crippen LogP contribution in [-0.4, -0.2) is 26.3 Å². The van der Waals surface area contributed by atoms with Crippen LogP contribution in [0.3, 0.4) is 0 Å². The van der Waals surface area contributed by atoms with Crippen LogP contribution in [0.4, 0.5) is 0 Å². The summed E-state index contributed by atoms with van der Waals surface area (Å²) in [6.07, 6.45) is 2.18. The minimum Gasteiger partial charge on any atom is -0.460 e. The zero-order valence-corrected chi connectivity index (χ0v) is 22.7. The molecule has 0 spiro atoms. The molecule has 0 bridgehead atoms. The first-order chi connectivity index (χ1) is 17.5. The van der Waals surface area contributed by atoms with E-state index in [0.29, 0.717) is 6.42 Å². The predicted molar refractivity (Wildman–Crippen MR) is 147 cm³/mol. The maximum Gasteiger partial charge on any atom is 0.310 e. The van der Waals surface area contributed by atoms with Crippen molar-refractivity contribution in [3.05, 3.63) is 120 Å². The molecule has 3 aromatic carbocycles. The Morgan fingerprint density at radius 3 is 1.57 bits per heavy atom. The lowest BCUT2D eigenvalue weighted by Gasteiger charge is -2.39. The normalized spacial score (nSPS) is 13.2. The topological polar surface area (TPSA) is 57.0 Å². The van der Waals surface area contributed by atoms with Crippen LogP contribution >= 0.6 is 0 Å². The zero-order chi connectivity index (χ0) is 26.7. The Balaban J connectivity index is 1.95. The van der Waals surface area contributed by atoms with E-state index in [9.17, 15) is 4.79 Å². The second kappa shape index (κ2) is 10.3. The van der Waals surface area contributed by atoms with Crippen molar-refractivity contribution in [1.29, 1.82) is 0 Å². The number of carbonyl (C=O) groups is 1.